The zero-order valence-electron chi connectivity index (χ0n) is 11.2. The maximum Gasteiger partial charge on any atom is 0.407 e. The maximum absolute atomic E-state index is 11.8. The largest absolute Gasteiger partial charge is 0.445 e. The number of ether oxygens (including phenoxy) is 1. The van der Waals surface area contributed by atoms with Gasteiger partial charge in [0.05, 0.1) is 0 Å². The van der Waals surface area contributed by atoms with Crippen LogP contribution >= 0.6 is 0 Å². The fourth-order valence-electron chi connectivity index (χ4n) is 2.54. The van der Waals surface area contributed by atoms with Gasteiger partial charge in [0, 0.05) is 6.04 Å². The molecule has 102 valence electrons. The van der Waals surface area contributed by atoms with Crippen LogP contribution in [0.5, 0.6) is 0 Å². The first-order valence-corrected chi connectivity index (χ1v) is 6.89. The lowest BCUT2D eigenvalue weighted by Gasteiger charge is -2.29. The SMILES string of the molecule is C=C[C@@H]1CCCC[C@H]1NC(=O)OCc1ccccc1. The maximum atomic E-state index is 11.8. The van der Waals surface area contributed by atoms with Crippen molar-refractivity contribution in [1.82, 2.24) is 5.32 Å². The number of carbonyl (C=O) groups is 1. The standard InChI is InChI=1S/C16H21NO2/c1-2-14-10-6-7-11-15(14)17-16(18)19-12-13-8-4-3-5-9-13/h2-5,8-9,14-15H,1,6-7,10-12H2,(H,17,18)/t14-,15-/m1/s1. The van der Waals surface area contributed by atoms with E-state index >= 15 is 0 Å². The molecular formula is C16H21NO2. The second kappa shape index (κ2) is 6.98. The predicted octanol–water partition coefficient (Wildman–Crippen LogP) is 3.66. The molecule has 19 heavy (non-hydrogen) atoms. The van der Waals surface area contributed by atoms with Crippen LogP contribution < -0.4 is 5.32 Å². The highest BCUT2D eigenvalue weighted by Crippen LogP contribution is 2.25. The Labute approximate surface area is 114 Å². The molecule has 3 heteroatoms. The van der Waals surface area contributed by atoms with Gasteiger partial charge in [-0.3, -0.25) is 0 Å². The van der Waals surface area contributed by atoms with Gasteiger partial charge in [-0.2, -0.15) is 0 Å². The van der Waals surface area contributed by atoms with Gasteiger partial charge in [-0.05, 0) is 24.3 Å². The zero-order valence-corrected chi connectivity index (χ0v) is 11.2. The average molecular weight is 259 g/mol. The highest BCUT2D eigenvalue weighted by molar-refractivity contribution is 5.67. The van der Waals surface area contributed by atoms with Crippen molar-refractivity contribution in [2.45, 2.75) is 38.3 Å². The van der Waals surface area contributed by atoms with Crippen molar-refractivity contribution in [2.75, 3.05) is 0 Å². The third-order valence-electron chi connectivity index (χ3n) is 3.64. The highest BCUT2D eigenvalue weighted by Gasteiger charge is 2.24. The number of rotatable bonds is 4. The van der Waals surface area contributed by atoms with Gasteiger partial charge < -0.3 is 10.1 Å². The molecule has 1 aliphatic carbocycles. The predicted molar refractivity (Wildman–Crippen MR) is 75.7 cm³/mol. The van der Waals surface area contributed by atoms with Crippen LogP contribution in [0.15, 0.2) is 43.0 Å². The first-order valence-electron chi connectivity index (χ1n) is 6.89. The molecule has 0 aromatic heterocycles. The second-order valence-electron chi connectivity index (χ2n) is 5.00. The lowest BCUT2D eigenvalue weighted by Crippen LogP contribution is -2.41. The minimum atomic E-state index is -0.331. The number of carbonyl (C=O) groups excluding carboxylic acids is 1. The molecular weight excluding hydrogens is 238 g/mol. The molecule has 0 bridgehead atoms. The van der Waals surface area contributed by atoms with Gasteiger partial charge in [0.25, 0.3) is 0 Å². The van der Waals surface area contributed by atoms with E-state index < -0.39 is 0 Å². The van der Waals surface area contributed by atoms with E-state index in [9.17, 15) is 4.79 Å². The topological polar surface area (TPSA) is 38.3 Å². The average Bonchev–Trinajstić information content (AvgIpc) is 2.47. The van der Waals surface area contributed by atoms with Crippen molar-refractivity contribution in [2.24, 2.45) is 5.92 Å². The summed E-state index contributed by atoms with van der Waals surface area (Å²) in [6.45, 7) is 4.16. The smallest absolute Gasteiger partial charge is 0.407 e. The van der Waals surface area contributed by atoms with Gasteiger partial charge >= 0.3 is 6.09 Å². The Hall–Kier alpha value is -1.77. The minimum Gasteiger partial charge on any atom is -0.445 e. The Balaban J connectivity index is 1.79. The lowest BCUT2D eigenvalue weighted by atomic mass is 9.85. The van der Waals surface area contributed by atoms with E-state index in [0.29, 0.717) is 12.5 Å². The van der Waals surface area contributed by atoms with Crippen LogP contribution in [-0.2, 0) is 11.3 Å². The molecule has 0 heterocycles. The third kappa shape index (κ3) is 4.12. The molecule has 1 amide bonds. The van der Waals surface area contributed by atoms with E-state index in [4.69, 9.17) is 4.74 Å². The summed E-state index contributed by atoms with van der Waals surface area (Å²) in [6, 6.07) is 9.88. The van der Waals surface area contributed by atoms with Crippen molar-refractivity contribution in [3.05, 3.63) is 48.6 Å². The summed E-state index contributed by atoms with van der Waals surface area (Å²) in [6.07, 6.45) is 6.11. The van der Waals surface area contributed by atoms with Gasteiger partial charge in [0.15, 0.2) is 0 Å². The molecule has 0 aliphatic heterocycles. The Morgan fingerprint density at radius 1 is 1.32 bits per heavy atom. The number of alkyl carbamates (subject to hydrolysis) is 1. The summed E-state index contributed by atoms with van der Waals surface area (Å²) in [5, 5.41) is 2.96. The molecule has 0 spiro atoms. The molecule has 1 aromatic carbocycles. The van der Waals surface area contributed by atoms with E-state index in [1.165, 1.54) is 6.42 Å². The summed E-state index contributed by atoms with van der Waals surface area (Å²) < 4.78 is 5.24. The van der Waals surface area contributed by atoms with Crippen LogP contribution in [0.25, 0.3) is 0 Å². The van der Waals surface area contributed by atoms with Crippen molar-refractivity contribution in [3.8, 4) is 0 Å². The van der Waals surface area contributed by atoms with Crippen LogP contribution in [0, 0.1) is 5.92 Å². The summed E-state index contributed by atoms with van der Waals surface area (Å²) in [5.74, 6) is 0.373. The molecule has 1 saturated carbocycles. The second-order valence-corrected chi connectivity index (χ2v) is 5.00. The fraction of sp³-hybridized carbons (Fsp3) is 0.438. The molecule has 0 saturated heterocycles. The van der Waals surface area contributed by atoms with E-state index in [-0.39, 0.29) is 12.1 Å². The normalized spacial score (nSPS) is 22.5. The van der Waals surface area contributed by atoms with Gasteiger partial charge in [-0.1, -0.05) is 49.2 Å². The van der Waals surface area contributed by atoms with Gasteiger partial charge in [0.2, 0.25) is 0 Å². The van der Waals surface area contributed by atoms with Crippen LogP contribution in [0.3, 0.4) is 0 Å². The number of hydrogen-bond acceptors (Lipinski definition) is 2. The molecule has 1 fully saturated rings. The number of benzene rings is 1. The molecule has 2 atom stereocenters. The number of nitrogens with one attached hydrogen (secondary N) is 1. The van der Waals surface area contributed by atoms with Crippen LogP contribution in [-0.4, -0.2) is 12.1 Å². The molecule has 1 aliphatic rings. The Morgan fingerprint density at radius 3 is 2.79 bits per heavy atom. The Bertz CT molecular complexity index is 416. The first-order chi connectivity index (χ1) is 9.29. The molecule has 3 nitrogen and oxygen atoms in total. The Kier molecular flexibility index (Phi) is 5.01. The quantitative estimate of drug-likeness (QED) is 0.838. The van der Waals surface area contributed by atoms with Gasteiger partial charge in [-0.15, -0.1) is 6.58 Å². The van der Waals surface area contributed by atoms with Crippen LogP contribution in [0.2, 0.25) is 0 Å². The summed E-state index contributed by atoms with van der Waals surface area (Å²) in [7, 11) is 0. The van der Waals surface area contributed by atoms with Crippen molar-refractivity contribution < 1.29 is 9.53 Å². The molecule has 1 aromatic rings. The third-order valence-corrected chi connectivity index (χ3v) is 3.64. The van der Waals surface area contributed by atoms with Gasteiger partial charge in [-0.25, -0.2) is 4.79 Å². The van der Waals surface area contributed by atoms with E-state index in [1.54, 1.807) is 0 Å². The first kappa shape index (κ1) is 13.7. The van der Waals surface area contributed by atoms with E-state index in [1.807, 2.05) is 36.4 Å². The monoisotopic (exact) mass is 259 g/mol. The highest BCUT2D eigenvalue weighted by atomic mass is 16.5. The molecule has 1 N–H and O–H groups in total. The molecule has 0 radical (unpaired) electrons. The molecule has 0 unspecified atom stereocenters. The van der Waals surface area contributed by atoms with Crippen LogP contribution in [0.4, 0.5) is 4.79 Å². The van der Waals surface area contributed by atoms with Crippen molar-refractivity contribution in [3.63, 3.8) is 0 Å². The van der Waals surface area contributed by atoms with Crippen LogP contribution in [0.1, 0.15) is 31.2 Å². The van der Waals surface area contributed by atoms with Crippen molar-refractivity contribution >= 4 is 6.09 Å². The number of amides is 1. The van der Waals surface area contributed by atoms with Gasteiger partial charge in [0.1, 0.15) is 6.61 Å². The zero-order chi connectivity index (χ0) is 13.5. The fourth-order valence-corrected chi connectivity index (χ4v) is 2.54. The summed E-state index contributed by atoms with van der Waals surface area (Å²) in [4.78, 5) is 11.8. The lowest BCUT2D eigenvalue weighted by molar-refractivity contribution is 0.129. The van der Waals surface area contributed by atoms with E-state index in [0.717, 1.165) is 24.8 Å². The minimum absolute atomic E-state index is 0.175. The Morgan fingerprint density at radius 2 is 2.05 bits per heavy atom. The summed E-state index contributed by atoms with van der Waals surface area (Å²) in [5.41, 5.74) is 1.00. The molecule has 2 rings (SSSR count). The number of hydrogen-bond donors (Lipinski definition) is 1. The summed E-state index contributed by atoms with van der Waals surface area (Å²) >= 11 is 0. The van der Waals surface area contributed by atoms with Crippen molar-refractivity contribution in [1.29, 1.82) is 0 Å². The van der Waals surface area contributed by atoms with E-state index in [2.05, 4.69) is 11.9 Å².